The van der Waals surface area contributed by atoms with E-state index in [-0.39, 0.29) is 0 Å². The van der Waals surface area contributed by atoms with E-state index in [1.165, 1.54) is 4.09 Å². The van der Waals surface area contributed by atoms with Gasteiger partial charge in [0, 0.05) is 12.3 Å². The van der Waals surface area contributed by atoms with Crippen molar-refractivity contribution in [2.45, 2.75) is 0 Å². The highest BCUT2D eigenvalue weighted by Crippen LogP contribution is 2.04. The van der Waals surface area contributed by atoms with Crippen LogP contribution in [0.5, 0.6) is 0 Å². The second kappa shape index (κ2) is 1.62. The third kappa shape index (κ3) is 0.725. The van der Waals surface area contributed by atoms with Gasteiger partial charge in [0.05, 0.1) is 16.1 Å². The van der Waals surface area contributed by atoms with Gasteiger partial charge >= 0.3 is 0 Å². The molecule has 3 heteroatoms. The zero-order valence-corrected chi connectivity index (χ0v) is 4.60. The standard InChI is InChI=1S/C3H3BrNO/c4-5-2-1-3-6-5/h2H,3H2. The third-order valence-corrected chi connectivity index (χ3v) is 0.874. The predicted molar refractivity (Wildman–Crippen MR) is 24.5 cm³/mol. The fourth-order valence-electron chi connectivity index (χ4n) is 0.245. The van der Waals surface area contributed by atoms with Crippen molar-refractivity contribution in [2.24, 2.45) is 0 Å². The molecule has 0 aromatic rings. The fraction of sp³-hybridized carbons (Fsp3) is 0.333. The monoisotopic (exact) mass is 148 g/mol. The zero-order chi connectivity index (χ0) is 4.41. The Bertz CT molecular complexity index is 73.2. The Morgan fingerprint density at radius 3 is 3.00 bits per heavy atom. The Kier molecular flexibility index (Phi) is 1.12. The molecule has 0 aliphatic carbocycles. The average Bonchev–Trinajstić information content (AvgIpc) is 1.86. The summed E-state index contributed by atoms with van der Waals surface area (Å²) in [7, 11) is 0. The first-order valence-corrected chi connectivity index (χ1v) is 2.25. The number of hydrogen-bond acceptors (Lipinski definition) is 2. The minimum Gasteiger partial charge on any atom is -0.258 e. The summed E-state index contributed by atoms with van der Waals surface area (Å²) in [5.41, 5.74) is 0. The molecule has 1 heterocycles. The summed E-state index contributed by atoms with van der Waals surface area (Å²) in [5, 5.41) is 0. The highest BCUT2D eigenvalue weighted by Gasteiger charge is 1.96. The molecule has 0 amide bonds. The van der Waals surface area contributed by atoms with Crippen LogP contribution in [0.3, 0.4) is 0 Å². The third-order valence-electron chi connectivity index (χ3n) is 0.464. The topological polar surface area (TPSA) is 12.5 Å². The Morgan fingerprint density at radius 2 is 2.83 bits per heavy atom. The van der Waals surface area contributed by atoms with Gasteiger partial charge in [-0.3, -0.25) is 4.84 Å². The molecule has 1 aliphatic rings. The van der Waals surface area contributed by atoms with Crippen LogP contribution >= 0.6 is 16.1 Å². The maximum atomic E-state index is 4.74. The summed E-state index contributed by atoms with van der Waals surface area (Å²) in [5.74, 6) is 0. The normalized spacial score (nSPS) is 19.8. The van der Waals surface area contributed by atoms with Gasteiger partial charge in [-0.2, -0.15) is 4.09 Å². The fourth-order valence-corrected chi connectivity index (χ4v) is 0.492. The van der Waals surface area contributed by atoms with Gasteiger partial charge < -0.3 is 0 Å². The van der Waals surface area contributed by atoms with Gasteiger partial charge in [-0.15, -0.1) is 0 Å². The van der Waals surface area contributed by atoms with Crippen molar-refractivity contribution in [3.05, 3.63) is 12.3 Å². The molecule has 2 nitrogen and oxygen atoms in total. The molecule has 0 N–H and O–H groups in total. The molecule has 0 aromatic heterocycles. The lowest BCUT2D eigenvalue weighted by molar-refractivity contribution is 0.00655. The molecule has 1 aliphatic heterocycles. The highest BCUT2D eigenvalue weighted by atomic mass is 79.9. The van der Waals surface area contributed by atoms with Gasteiger partial charge in [-0.05, 0) is 0 Å². The Labute approximate surface area is 44.7 Å². The Balaban J connectivity index is 2.38. The molecule has 0 spiro atoms. The molecule has 0 bridgehead atoms. The zero-order valence-electron chi connectivity index (χ0n) is 3.02. The quantitative estimate of drug-likeness (QED) is 0.473. The second-order valence-electron chi connectivity index (χ2n) is 0.879. The molecular weight excluding hydrogens is 146 g/mol. The number of halogens is 1. The summed E-state index contributed by atoms with van der Waals surface area (Å²) in [6.07, 6.45) is 4.48. The van der Waals surface area contributed by atoms with E-state index >= 15 is 0 Å². The summed E-state index contributed by atoms with van der Waals surface area (Å²) in [6.45, 7) is 0.561. The van der Waals surface area contributed by atoms with Crippen molar-refractivity contribution in [3.63, 3.8) is 0 Å². The van der Waals surface area contributed by atoms with Gasteiger partial charge in [-0.1, -0.05) is 0 Å². The van der Waals surface area contributed by atoms with Gasteiger partial charge in [-0.25, -0.2) is 0 Å². The van der Waals surface area contributed by atoms with Crippen LogP contribution in [0.15, 0.2) is 6.20 Å². The van der Waals surface area contributed by atoms with E-state index in [2.05, 4.69) is 22.2 Å². The minimum atomic E-state index is 0.561. The largest absolute Gasteiger partial charge is 0.258 e. The Morgan fingerprint density at radius 1 is 2.00 bits per heavy atom. The molecular formula is C3H3BrNO. The molecule has 0 aromatic carbocycles. The second-order valence-corrected chi connectivity index (χ2v) is 1.58. The van der Waals surface area contributed by atoms with E-state index in [4.69, 9.17) is 4.84 Å². The van der Waals surface area contributed by atoms with E-state index in [9.17, 15) is 0 Å². The maximum absolute atomic E-state index is 4.74. The summed E-state index contributed by atoms with van der Waals surface area (Å²) < 4.78 is 1.44. The van der Waals surface area contributed by atoms with Gasteiger partial charge in [0.15, 0.2) is 0 Å². The van der Waals surface area contributed by atoms with E-state index in [0.717, 1.165) is 0 Å². The predicted octanol–water partition coefficient (Wildman–Crippen LogP) is 0.860. The highest BCUT2D eigenvalue weighted by molar-refractivity contribution is 9.07. The lowest BCUT2D eigenvalue weighted by atomic mass is 10.7. The van der Waals surface area contributed by atoms with Gasteiger partial charge in [0.2, 0.25) is 0 Å². The van der Waals surface area contributed by atoms with Crippen LogP contribution in [0.4, 0.5) is 0 Å². The van der Waals surface area contributed by atoms with Crippen LogP contribution in [0.25, 0.3) is 0 Å². The number of rotatable bonds is 0. The van der Waals surface area contributed by atoms with Crippen LogP contribution in [-0.4, -0.2) is 10.7 Å². The number of hydroxylamine groups is 1. The molecule has 0 fully saturated rings. The van der Waals surface area contributed by atoms with Gasteiger partial charge in [0.25, 0.3) is 0 Å². The average molecular weight is 149 g/mol. The molecule has 0 atom stereocenters. The van der Waals surface area contributed by atoms with E-state index in [1.807, 2.05) is 0 Å². The molecule has 0 saturated carbocycles. The van der Waals surface area contributed by atoms with Crippen LogP contribution in [0.1, 0.15) is 0 Å². The summed E-state index contributed by atoms with van der Waals surface area (Å²) >= 11 is 3.03. The van der Waals surface area contributed by atoms with Crippen molar-refractivity contribution in [1.29, 1.82) is 0 Å². The molecule has 1 rings (SSSR count). The summed E-state index contributed by atoms with van der Waals surface area (Å²) in [4.78, 5) is 4.74. The minimum absolute atomic E-state index is 0.561. The first-order chi connectivity index (χ1) is 2.89. The molecule has 6 heavy (non-hydrogen) atoms. The van der Waals surface area contributed by atoms with E-state index < -0.39 is 0 Å². The molecule has 0 saturated heterocycles. The van der Waals surface area contributed by atoms with Crippen LogP contribution in [-0.2, 0) is 4.84 Å². The lowest BCUT2D eigenvalue weighted by Gasteiger charge is -1.98. The first kappa shape index (κ1) is 4.15. The van der Waals surface area contributed by atoms with Crippen molar-refractivity contribution in [2.75, 3.05) is 6.61 Å². The SMILES string of the molecule is BrN1C=[C]CO1. The van der Waals surface area contributed by atoms with Crippen molar-refractivity contribution in [1.82, 2.24) is 4.09 Å². The maximum Gasteiger partial charge on any atom is 0.103 e. The lowest BCUT2D eigenvalue weighted by Crippen LogP contribution is -1.94. The van der Waals surface area contributed by atoms with Crippen molar-refractivity contribution >= 4 is 16.1 Å². The van der Waals surface area contributed by atoms with Crippen LogP contribution in [0, 0.1) is 6.08 Å². The molecule has 1 radical (unpaired) electrons. The Hall–Kier alpha value is -0.0200. The van der Waals surface area contributed by atoms with Crippen LogP contribution in [0.2, 0.25) is 0 Å². The van der Waals surface area contributed by atoms with Crippen molar-refractivity contribution < 1.29 is 4.84 Å². The smallest absolute Gasteiger partial charge is 0.103 e. The molecule has 0 unspecified atom stereocenters. The summed E-state index contributed by atoms with van der Waals surface area (Å²) in [6, 6.07) is 0. The van der Waals surface area contributed by atoms with E-state index in [0.29, 0.717) is 6.61 Å². The van der Waals surface area contributed by atoms with Gasteiger partial charge in [0.1, 0.15) is 6.61 Å². The van der Waals surface area contributed by atoms with E-state index in [1.54, 1.807) is 6.20 Å². The molecule has 33 valence electrons. The first-order valence-electron chi connectivity index (χ1n) is 1.54. The number of hydrogen-bond donors (Lipinski definition) is 0. The van der Waals surface area contributed by atoms with Crippen LogP contribution < -0.4 is 0 Å². The number of nitrogens with zero attached hydrogens (tertiary/aromatic N) is 1. The van der Waals surface area contributed by atoms with Crippen molar-refractivity contribution in [3.8, 4) is 0 Å².